The highest BCUT2D eigenvalue weighted by Gasteiger charge is 2.44. The number of rotatable bonds is 6. The summed E-state index contributed by atoms with van der Waals surface area (Å²) in [6.07, 6.45) is 3.49. The molecule has 0 heterocycles. The van der Waals surface area contributed by atoms with E-state index in [1.807, 2.05) is 19.1 Å². The summed E-state index contributed by atoms with van der Waals surface area (Å²) in [5.41, 5.74) is 2.61. The molecule has 0 spiro atoms. The van der Waals surface area contributed by atoms with Gasteiger partial charge in [0.15, 0.2) is 5.78 Å². The molecule has 0 bridgehead atoms. The number of nitrogens with zero attached hydrogens (tertiary/aromatic N) is 1. The topological polar surface area (TPSA) is 50.1 Å². The third-order valence-corrected chi connectivity index (χ3v) is 5.19. The number of ketones is 1. The summed E-state index contributed by atoms with van der Waals surface area (Å²) in [6, 6.07) is 13.0. The number of ether oxygens (including phenoxy) is 1. The smallest absolute Gasteiger partial charge is 0.160 e. The zero-order chi connectivity index (χ0) is 19.6. The fraction of sp³-hybridized carbons (Fsp3) is 0.273. The van der Waals surface area contributed by atoms with Gasteiger partial charge in [-0.25, -0.2) is 0 Å². The molecule has 0 aromatic heterocycles. The first kappa shape index (κ1) is 19.5. The molecule has 138 valence electrons. The standard InChI is InChI=1S/C22H19Cl2NO2/c1-14-9-17(23)3-5-19(14)20(15(2)26)11-16-10-18(24)4-6-21(16)27-13-22(12-25)7-8-22/h3-6,9-11H,7-8,13H2,1-2H3/b20-11-. The molecule has 0 amide bonds. The molecule has 0 radical (unpaired) electrons. The number of carbonyl (C=O) groups is 1. The lowest BCUT2D eigenvalue weighted by molar-refractivity contribution is -0.111. The van der Waals surface area contributed by atoms with Crippen LogP contribution in [0.5, 0.6) is 5.75 Å². The minimum absolute atomic E-state index is 0.0676. The highest BCUT2D eigenvalue weighted by Crippen LogP contribution is 2.45. The van der Waals surface area contributed by atoms with E-state index in [1.165, 1.54) is 6.92 Å². The van der Waals surface area contributed by atoms with Gasteiger partial charge in [0.2, 0.25) is 0 Å². The molecule has 3 nitrogen and oxygen atoms in total. The van der Waals surface area contributed by atoms with Gasteiger partial charge in [-0.3, -0.25) is 4.79 Å². The number of hydrogen-bond acceptors (Lipinski definition) is 3. The largest absolute Gasteiger partial charge is 0.491 e. The number of carbonyl (C=O) groups excluding carboxylic acids is 1. The van der Waals surface area contributed by atoms with Crippen LogP contribution >= 0.6 is 23.2 Å². The molecule has 1 aliphatic carbocycles. The summed E-state index contributed by atoms with van der Waals surface area (Å²) in [5, 5.41) is 10.4. The monoisotopic (exact) mass is 399 g/mol. The van der Waals surface area contributed by atoms with Crippen LogP contribution in [-0.2, 0) is 4.79 Å². The highest BCUT2D eigenvalue weighted by molar-refractivity contribution is 6.31. The van der Waals surface area contributed by atoms with Crippen molar-refractivity contribution in [2.45, 2.75) is 26.7 Å². The van der Waals surface area contributed by atoms with E-state index in [-0.39, 0.29) is 11.2 Å². The Bertz CT molecular complexity index is 969. The van der Waals surface area contributed by atoms with Gasteiger partial charge in [-0.05, 0) is 74.2 Å². The second kappa shape index (κ2) is 7.76. The van der Waals surface area contributed by atoms with E-state index in [0.717, 1.165) is 24.0 Å². The maximum atomic E-state index is 12.3. The second-order valence-electron chi connectivity index (χ2n) is 6.94. The van der Waals surface area contributed by atoms with Gasteiger partial charge >= 0.3 is 0 Å². The van der Waals surface area contributed by atoms with E-state index in [2.05, 4.69) is 6.07 Å². The Hall–Kier alpha value is -2.28. The van der Waals surface area contributed by atoms with Crippen molar-refractivity contribution < 1.29 is 9.53 Å². The normalized spacial score (nSPS) is 15.1. The van der Waals surface area contributed by atoms with Crippen LogP contribution in [0.1, 0.15) is 36.5 Å². The van der Waals surface area contributed by atoms with Crippen molar-refractivity contribution in [2.75, 3.05) is 6.61 Å². The predicted octanol–water partition coefficient (Wildman–Crippen LogP) is 6.11. The lowest BCUT2D eigenvalue weighted by atomic mass is 9.95. The number of benzene rings is 2. The number of Topliss-reactive ketones (excluding diaryl/α,β-unsaturated/α-hetero) is 1. The zero-order valence-electron chi connectivity index (χ0n) is 15.2. The summed E-state index contributed by atoms with van der Waals surface area (Å²) < 4.78 is 5.92. The van der Waals surface area contributed by atoms with Crippen LogP contribution in [0.25, 0.3) is 11.6 Å². The molecule has 2 aromatic carbocycles. The molecule has 0 saturated heterocycles. The number of hydrogen-bond donors (Lipinski definition) is 0. The Morgan fingerprint density at radius 1 is 1.22 bits per heavy atom. The number of aryl methyl sites for hydroxylation is 1. The Morgan fingerprint density at radius 2 is 1.89 bits per heavy atom. The van der Waals surface area contributed by atoms with Crippen molar-refractivity contribution in [3.05, 3.63) is 63.1 Å². The summed E-state index contributed by atoms with van der Waals surface area (Å²) in [7, 11) is 0. The first-order valence-electron chi connectivity index (χ1n) is 8.66. The van der Waals surface area contributed by atoms with Gasteiger partial charge in [-0.2, -0.15) is 5.26 Å². The molecule has 5 heteroatoms. The molecule has 27 heavy (non-hydrogen) atoms. The van der Waals surface area contributed by atoms with Gasteiger partial charge in [-0.1, -0.05) is 29.3 Å². The summed E-state index contributed by atoms with van der Waals surface area (Å²) in [4.78, 5) is 12.3. The minimum atomic E-state index is -0.378. The first-order chi connectivity index (χ1) is 12.8. The van der Waals surface area contributed by atoms with Crippen molar-refractivity contribution in [1.82, 2.24) is 0 Å². The van der Waals surface area contributed by atoms with Gasteiger partial charge < -0.3 is 4.74 Å². The zero-order valence-corrected chi connectivity index (χ0v) is 16.7. The molecule has 1 aliphatic rings. The SMILES string of the molecule is CC(=O)/C(=C/c1cc(Cl)ccc1OCC1(C#N)CC1)c1ccc(Cl)cc1C. The third kappa shape index (κ3) is 4.53. The van der Waals surface area contributed by atoms with Crippen molar-refractivity contribution in [1.29, 1.82) is 5.26 Å². The summed E-state index contributed by atoms with van der Waals surface area (Å²) in [6.45, 7) is 3.78. The summed E-state index contributed by atoms with van der Waals surface area (Å²) in [5.74, 6) is 0.535. The van der Waals surface area contributed by atoms with Crippen LogP contribution in [0.2, 0.25) is 10.0 Å². The Morgan fingerprint density at radius 3 is 2.48 bits per heavy atom. The van der Waals surface area contributed by atoms with Crippen LogP contribution in [0, 0.1) is 23.7 Å². The Balaban J connectivity index is 2.00. The molecule has 0 unspecified atom stereocenters. The lowest BCUT2D eigenvalue weighted by Gasteiger charge is -2.14. The predicted molar refractivity (Wildman–Crippen MR) is 109 cm³/mol. The molecule has 2 aromatic rings. The van der Waals surface area contributed by atoms with E-state index in [1.54, 1.807) is 30.3 Å². The molecule has 3 rings (SSSR count). The van der Waals surface area contributed by atoms with E-state index in [0.29, 0.717) is 33.5 Å². The summed E-state index contributed by atoms with van der Waals surface area (Å²) >= 11 is 12.2. The number of allylic oxidation sites excluding steroid dienone is 1. The third-order valence-electron chi connectivity index (χ3n) is 4.72. The fourth-order valence-electron chi connectivity index (χ4n) is 2.87. The molecule has 1 saturated carbocycles. The molecule has 0 aliphatic heterocycles. The van der Waals surface area contributed by atoms with E-state index in [9.17, 15) is 10.1 Å². The Labute approximate surface area is 169 Å². The molecule has 1 fully saturated rings. The maximum Gasteiger partial charge on any atom is 0.160 e. The minimum Gasteiger partial charge on any atom is -0.491 e. The van der Waals surface area contributed by atoms with Crippen LogP contribution in [0.3, 0.4) is 0 Å². The lowest BCUT2D eigenvalue weighted by Crippen LogP contribution is -2.11. The van der Waals surface area contributed by atoms with Crippen LogP contribution in [0.15, 0.2) is 36.4 Å². The van der Waals surface area contributed by atoms with Gasteiger partial charge in [0.25, 0.3) is 0 Å². The van der Waals surface area contributed by atoms with Crippen molar-refractivity contribution in [2.24, 2.45) is 5.41 Å². The van der Waals surface area contributed by atoms with Gasteiger partial charge in [0.05, 0.1) is 11.5 Å². The fourth-order valence-corrected chi connectivity index (χ4v) is 3.28. The van der Waals surface area contributed by atoms with E-state index in [4.69, 9.17) is 27.9 Å². The number of halogens is 2. The van der Waals surface area contributed by atoms with Crippen LogP contribution in [0.4, 0.5) is 0 Å². The molecule has 0 N–H and O–H groups in total. The number of nitriles is 1. The first-order valence-corrected chi connectivity index (χ1v) is 9.42. The van der Waals surface area contributed by atoms with Crippen molar-refractivity contribution >= 4 is 40.6 Å². The van der Waals surface area contributed by atoms with E-state index < -0.39 is 0 Å². The molecular formula is C22H19Cl2NO2. The van der Waals surface area contributed by atoms with Crippen LogP contribution in [-0.4, -0.2) is 12.4 Å². The maximum absolute atomic E-state index is 12.3. The van der Waals surface area contributed by atoms with Crippen molar-refractivity contribution in [3.63, 3.8) is 0 Å². The quantitative estimate of drug-likeness (QED) is 0.434. The highest BCUT2D eigenvalue weighted by atomic mass is 35.5. The van der Waals surface area contributed by atoms with E-state index >= 15 is 0 Å². The van der Waals surface area contributed by atoms with Gasteiger partial charge in [0.1, 0.15) is 12.4 Å². The molecular weight excluding hydrogens is 381 g/mol. The Kier molecular flexibility index (Phi) is 5.60. The average Bonchev–Trinajstić information content (AvgIpc) is 3.40. The van der Waals surface area contributed by atoms with Gasteiger partial charge in [0, 0.05) is 21.2 Å². The average molecular weight is 400 g/mol. The van der Waals surface area contributed by atoms with Crippen molar-refractivity contribution in [3.8, 4) is 11.8 Å². The second-order valence-corrected chi connectivity index (χ2v) is 7.81. The van der Waals surface area contributed by atoms with Crippen LogP contribution < -0.4 is 4.74 Å². The van der Waals surface area contributed by atoms with Gasteiger partial charge in [-0.15, -0.1) is 0 Å². The molecule has 0 atom stereocenters.